The molecule has 4 unspecified atom stereocenters. The Labute approximate surface area is 171 Å². The molecule has 2 nitrogen and oxygen atoms in total. The van der Waals surface area contributed by atoms with Gasteiger partial charge < -0.3 is 9.80 Å². The van der Waals surface area contributed by atoms with Crippen molar-refractivity contribution in [2.75, 3.05) is 34.2 Å². The van der Waals surface area contributed by atoms with E-state index in [4.69, 9.17) is 0 Å². The van der Waals surface area contributed by atoms with Crippen LogP contribution in [-0.2, 0) is 0 Å². The van der Waals surface area contributed by atoms with Gasteiger partial charge in [-0.15, -0.1) is 0 Å². The first-order valence-corrected chi connectivity index (χ1v) is 11.6. The second-order valence-electron chi connectivity index (χ2n) is 9.95. The molecule has 0 aliphatic carbocycles. The number of allylic oxidation sites excluding steroid dienone is 2. The van der Waals surface area contributed by atoms with Crippen LogP contribution in [0.25, 0.3) is 0 Å². The number of hydrogen-bond acceptors (Lipinski definition) is 2. The van der Waals surface area contributed by atoms with E-state index in [1.807, 2.05) is 0 Å². The van der Waals surface area contributed by atoms with Crippen molar-refractivity contribution in [3.05, 3.63) is 12.2 Å². The van der Waals surface area contributed by atoms with Crippen LogP contribution in [-0.4, -0.2) is 49.6 Å². The smallest absolute Gasteiger partial charge is 0.0294 e. The normalized spacial score (nSPS) is 23.4. The summed E-state index contributed by atoms with van der Waals surface area (Å²) in [5.74, 6) is 2.89. The summed E-state index contributed by atoms with van der Waals surface area (Å²) >= 11 is 0. The number of nitrogens with zero attached hydrogens (tertiary/aromatic N) is 2. The monoisotopic (exact) mass is 378 g/mol. The fourth-order valence-corrected chi connectivity index (χ4v) is 6.86. The van der Waals surface area contributed by atoms with E-state index in [0.29, 0.717) is 17.3 Å². The topological polar surface area (TPSA) is 6.48 Å². The number of rotatable bonds is 12. The van der Waals surface area contributed by atoms with Gasteiger partial charge in [-0.2, -0.15) is 0 Å². The van der Waals surface area contributed by atoms with Crippen LogP contribution in [0.2, 0.25) is 0 Å². The Balaban J connectivity index is 3.55. The summed E-state index contributed by atoms with van der Waals surface area (Å²) in [6.45, 7) is 19.6. The quantitative estimate of drug-likeness (QED) is 0.366. The van der Waals surface area contributed by atoms with E-state index in [1.165, 1.54) is 45.2 Å². The van der Waals surface area contributed by atoms with E-state index >= 15 is 0 Å². The van der Waals surface area contributed by atoms with E-state index in [1.54, 1.807) is 0 Å². The molecule has 0 N–H and O–H groups in total. The van der Waals surface area contributed by atoms with E-state index in [2.05, 4.69) is 91.6 Å². The predicted octanol–water partition coefficient (Wildman–Crippen LogP) is 6.33. The van der Waals surface area contributed by atoms with Gasteiger partial charge in [0.05, 0.1) is 0 Å². The lowest BCUT2D eigenvalue weighted by molar-refractivity contribution is -0.140. The molecule has 0 radical (unpaired) electrons. The third-order valence-electron chi connectivity index (χ3n) is 8.29. The molecule has 1 heterocycles. The third-order valence-corrected chi connectivity index (χ3v) is 8.29. The first-order valence-electron chi connectivity index (χ1n) is 11.6. The van der Waals surface area contributed by atoms with Crippen LogP contribution in [0, 0.1) is 29.1 Å². The molecule has 1 aliphatic heterocycles. The number of hydrogen-bond donors (Lipinski definition) is 0. The van der Waals surface area contributed by atoms with Crippen LogP contribution >= 0.6 is 0 Å². The van der Waals surface area contributed by atoms with Crippen molar-refractivity contribution in [2.24, 2.45) is 29.1 Å². The molecule has 2 heteroatoms. The predicted molar refractivity (Wildman–Crippen MR) is 122 cm³/mol. The Morgan fingerprint density at radius 2 is 1.70 bits per heavy atom. The number of likely N-dealkylation sites (tertiary alicyclic amines) is 1. The van der Waals surface area contributed by atoms with Gasteiger partial charge in [0, 0.05) is 18.6 Å². The Kier molecular flexibility index (Phi) is 9.55. The van der Waals surface area contributed by atoms with Crippen molar-refractivity contribution in [3.63, 3.8) is 0 Å². The summed E-state index contributed by atoms with van der Waals surface area (Å²) in [7, 11) is 7.00. The lowest BCUT2D eigenvalue weighted by Crippen LogP contribution is -2.68. The molecule has 0 saturated carbocycles. The van der Waals surface area contributed by atoms with Gasteiger partial charge in [-0.1, -0.05) is 73.0 Å². The van der Waals surface area contributed by atoms with Crippen LogP contribution in [0.5, 0.6) is 0 Å². The molecule has 0 aromatic carbocycles. The van der Waals surface area contributed by atoms with Crippen molar-refractivity contribution in [2.45, 2.75) is 86.1 Å². The molecule has 160 valence electrons. The zero-order valence-electron chi connectivity index (χ0n) is 20.3. The SMILES string of the molecule is CC=CCC(C(C)C)(C(C)CCCC)C(CC)(C(C)C1CN(C)C1)N(C)C. The van der Waals surface area contributed by atoms with Crippen LogP contribution in [0.15, 0.2) is 12.2 Å². The largest absolute Gasteiger partial charge is 0.306 e. The van der Waals surface area contributed by atoms with Gasteiger partial charge in [0.2, 0.25) is 0 Å². The van der Waals surface area contributed by atoms with Crippen molar-refractivity contribution >= 4 is 0 Å². The third kappa shape index (κ3) is 4.47. The van der Waals surface area contributed by atoms with Crippen LogP contribution < -0.4 is 0 Å². The standard InChI is InChI=1S/C25H50N2/c1-11-14-16-21(6)24(20(4)5,17-15-12-2)25(13-3,26(8)9)22(7)23-18-27(10)19-23/h12,15,20-23H,11,13-14,16-19H2,1-10H3. The van der Waals surface area contributed by atoms with Crippen molar-refractivity contribution in [3.8, 4) is 0 Å². The zero-order chi connectivity index (χ0) is 20.8. The molecule has 0 spiro atoms. The molecule has 1 fully saturated rings. The van der Waals surface area contributed by atoms with Gasteiger partial charge >= 0.3 is 0 Å². The molecule has 0 bridgehead atoms. The van der Waals surface area contributed by atoms with E-state index in [-0.39, 0.29) is 5.54 Å². The highest BCUT2D eigenvalue weighted by molar-refractivity contribution is 5.14. The second-order valence-corrected chi connectivity index (χ2v) is 9.95. The Morgan fingerprint density at radius 1 is 1.11 bits per heavy atom. The van der Waals surface area contributed by atoms with Gasteiger partial charge in [-0.25, -0.2) is 0 Å². The molecule has 27 heavy (non-hydrogen) atoms. The lowest BCUT2D eigenvalue weighted by Gasteiger charge is -2.64. The second kappa shape index (κ2) is 10.4. The summed E-state index contributed by atoms with van der Waals surface area (Å²) in [5, 5.41) is 0. The van der Waals surface area contributed by atoms with Gasteiger partial charge in [0.1, 0.15) is 0 Å². The van der Waals surface area contributed by atoms with Gasteiger partial charge in [0.15, 0.2) is 0 Å². The molecular formula is C25H50N2. The minimum atomic E-state index is 0.222. The minimum absolute atomic E-state index is 0.222. The molecule has 4 atom stereocenters. The zero-order valence-corrected chi connectivity index (χ0v) is 20.3. The average molecular weight is 379 g/mol. The summed E-state index contributed by atoms with van der Waals surface area (Å²) < 4.78 is 0. The van der Waals surface area contributed by atoms with E-state index in [0.717, 1.165) is 11.8 Å². The Morgan fingerprint density at radius 3 is 2.07 bits per heavy atom. The molecule has 0 aromatic rings. The van der Waals surface area contributed by atoms with Gasteiger partial charge in [-0.05, 0) is 70.0 Å². The Bertz CT molecular complexity index is 449. The van der Waals surface area contributed by atoms with Crippen molar-refractivity contribution < 1.29 is 0 Å². The minimum Gasteiger partial charge on any atom is -0.306 e. The van der Waals surface area contributed by atoms with Crippen LogP contribution in [0.3, 0.4) is 0 Å². The average Bonchev–Trinajstić information content (AvgIpc) is 2.59. The van der Waals surface area contributed by atoms with Crippen LogP contribution in [0.4, 0.5) is 0 Å². The first-order chi connectivity index (χ1) is 12.6. The van der Waals surface area contributed by atoms with Gasteiger partial charge in [0.25, 0.3) is 0 Å². The fraction of sp³-hybridized carbons (Fsp3) is 0.920. The highest BCUT2D eigenvalue weighted by Crippen LogP contribution is 2.58. The molecule has 0 amide bonds. The highest BCUT2D eigenvalue weighted by Gasteiger charge is 2.59. The van der Waals surface area contributed by atoms with Crippen molar-refractivity contribution in [1.29, 1.82) is 0 Å². The van der Waals surface area contributed by atoms with E-state index < -0.39 is 0 Å². The molecule has 1 aliphatic rings. The maximum Gasteiger partial charge on any atom is 0.0294 e. The molecule has 1 saturated heterocycles. The first kappa shape index (κ1) is 24.7. The number of unbranched alkanes of at least 4 members (excludes halogenated alkanes) is 1. The maximum atomic E-state index is 2.64. The van der Waals surface area contributed by atoms with Gasteiger partial charge in [-0.3, -0.25) is 0 Å². The van der Waals surface area contributed by atoms with Crippen molar-refractivity contribution in [1.82, 2.24) is 9.80 Å². The van der Waals surface area contributed by atoms with E-state index in [9.17, 15) is 0 Å². The summed E-state index contributed by atoms with van der Waals surface area (Å²) in [5.41, 5.74) is 0.514. The summed E-state index contributed by atoms with van der Waals surface area (Å²) in [6, 6.07) is 0. The Hall–Kier alpha value is -0.340. The lowest BCUT2D eigenvalue weighted by atomic mass is 9.48. The summed E-state index contributed by atoms with van der Waals surface area (Å²) in [4.78, 5) is 5.13. The molecule has 1 rings (SSSR count). The highest BCUT2D eigenvalue weighted by atomic mass is 15.2. The fourth-order valence-electron chi connectivity index (χ4n) is 6.86. The maximum absolute atomic E-state index is 2.64. The molecule has 0 aromatic heterocycles. The molecular weight excluding hydrogens is 328 g/mol. The summed E-state index contributed by atoms with van der Waals surface area (Å²) in [6.07, 6.45) is 11.2. The van der Waals surface area contributed by atoms with Crippen LogP contribution in [0.1, 0.15) is 80.6 Å².